The predicted octanol–water partition coefficient (Wildman–Crippen LogP) is 6.78. The van der Waals surface area contributed by atoms with Crippen LogP contribution in [0.3, 0.4) is 0 Å². The first kappa shape index (κ1) is 40.1. The Hall–Kier alpha value is -5.59. The summed E-state index contributed by atoms with van der Waals surface area (Å²) in [7, 11) is 0. The van der Waals surface area contributed by atoms with Crippen LogP contribution in [0.4, 0.5) is 9.59 Å². The number of imidazole rings is 1. The summed E-state index contributed by atoms with van der Waals surface area (Å²) >= 11 is 0. The minimum atomic E-state index is -0.946. The Morgan fingerprint density at radius 1 is 0.643 bits per heavy atom. The highest BCUT2D eigenvalue weighted by Crippen LogP contribution is 2.32. The number of hydrogen-bond donors (Lipinski definition) is 2. The summed E-state index contributed by atoms with van der Waals surface area (Å²) in [4.78, 5) is 68.1. The summed E-state index contributed by atoms with van der Waals surface area (Å²) in [6.07, 6.45) is 0.615. The Morgan fingerprint density at radius 3 is 1.39 bits per heavy atom. The summed E-state index contributed by atoms with van der Waals surface area (Å²) in [5.74, 6) is -3.93. The topological polar surface area (TPSA) is 161 Å². The van der Waals surface area contributed by atoms with Gasteiger partial charge in [0.15, 0.2) is 0 Å². The Balaban J connectivity index is 1.25. The molecule has 2 aliphatic heterocycles. The van der Waals surface area contributed by atoms with Crippen LogP contribution >= 0.6 is 0 Å². The van der Waals surface area contributed by atoms with Gasteiger partial charge in [-0.25, -0.2) is 14.4 Å². The van der Waals surface area contributed by atoms with E-state index in [0.717, 1.165) is 11.1 Å². The van der Waals surface area contributed by atoms with Gasteiger partial charge in [0.1, 0.15) is 11.2 Å². The van der Waals surface area contributed by atoms with Crippen LogP contribution in [0.1, 0.15) is 65.5 Å². The first-order valence-electron chi connectivity index (χ1n) is 19.2. The predicted molar refractivity (Wildman–Crippen MR) is 210 cm³/mol. The molecule has 2 saturated heterocycles. The van der Waals surface area contributed by atoms with Crippen molar-refractivity contribution in [1.29, 1.82) is 0 Å². The van der Waals surface area contributed by atoms with Crippen molar-refractivity contribution in [3.8, 4) is 11.4 Å². The minimum Gasteiger partial charge on any atom is -0.481 e. The fourth-order valence-electron chi connectivity index (χ4n) is 7.93. The van der Waals surface area contributed by atoms with E-state index in [1.807, 2.05) is 72.8 Å². The van der Waals surface area contributed by atoms with Crippen LogP contribution in [0, 0.1) is 23.7 Å². The lowest BCUT2D eigenvalue weighted by Crippen LogP contribution is -2.36. The second kappa shape index (κ2) is 15.9. The Labute approximate surface area is 326 Å². The highest BCUT2D eigenvalue weighted by atomic mass is 16.6. The highest BCUT2D eigenvalue weighted by molar-refractivity contribution is 5.80. The monoisotopic (exact) mass is 768 g/mol. The fraction of sp³-hybridized carbons (Fsp3) is 0.465. The van der Waals surface area contributed by atoms with Crippen LogP contribution in [0.25, 0.3) is 22.4 Å². The molecule has 0 aliphatic carbocycles. The molecule has 298 valence electrons. The van der Waals surface area contributed by atoms with Gasteiger partial charge in [-0.05, 0) is 127 Å². The van der Waals surface area contributed by atoms with E-state index in [1.165, 1.54) is 0 Å². The van der Waals surface area contributed by atoms with Crippen molar-refractivity contribution in [1.82, 2.24) is 18.9 Å². The van der Waals surface area contributed by atoms with E-state index in [2.05, 4.69) is 0 Å². The third-order valence-electron chi connectivity index (χ3n) is 10.5. The molecule has 0 spiro atoms. The molecule has 2 fully saturated rings. The van der Waals surface area contributed by atoms with Crippen molar-refractivity contribution < 1.29 is 38.9 Å². The molecule has 4 aromatic rings. The number of hydrogen-bond acceptors (Lipinski definition) is 7. The molecule has 13 nitrogen and oxygen atoms in total. The lowest BCUT2D eigenvalue weighted by atomic mass is 9.86. The molecule has 6 rings (SSSR count). The number of carboxylic acids is 2. The molecule has 0 bridgehead atoms. The van der Waals surface area contributed by atoms with Gasteiger partial charge in [-0.2, -0.15) is 0 Å². The molecule has 3 aromatic carbocycles. The quantitative estimate of drug-likeness (QED) is 0.177. The number of para-hydroxylation sites is 2. The van der Waals surface area contributed by atoms with E-state index in [1.54, 1.807) is 60.5 Å². The Kier molecular flexibility index (Phi) is 11.4. The first-order valence-corrected chi connectivity index (χ1v) is 19.2. The summed E-state index contributed by atoms with van der Waals surface area (Å²) in [6.45, 7) is 12.2. The van der Waals surface area contributed by atoms with Gasteiger partial charge >= 0.3 is 29.8 Å². The van der Waals surface area contributed by atoms with Crippen LogP contribution in [0.15, 0.2) is 77.6 Å². The first-order chi connectivity index (χ1) is 26.4. The molecule has 56 heavy (non-hydrogen) atoms. The van der Waals surface area contributed by atoms with Gasteiger partial charge in [0.2, 0.25) is 0 Å². The highest BCUT2D eigenvalue weighted by Gasteiger charge is 2.39. The van der Waals surface area contributed by atoms with Crippen LogP contribution in [0.5, 0.6) is 0 Å². The number of amides is 2. The van der Waals surface area contributed by atoms with E-state index in [-0.39, 0.29) is 43.5 Å². The smallest absolute Gasteiger partial charge is 0.410 e. The molecule has 0 saturated carbocycles. The largest absolute Gasteiger partial charge is 0.481 e. The summed E-state index contributed by atoms with van der Waals surface area (Å²) in [5.41, 5.74) is 2.29. The number of benzene rings is 3. The summed E-state index contributed by atoms with van der Waals surface area (Å²) in [5, 5.41) is 20.6. The number of carboxylic acid groups (broad SMARTS) is 2. The molecule has 2 N–H and O–H groups in total. The number of carbonyl (C=O) groups excluding carboxylic acids is 2. The van der Waals surface area contributed by atoms with Crippen molar-refractivity contribution >= 4 is 35.2 Å². The average molecular weight is 769 g/mol. The minimum absolute atomic E-state index is 0.215. The molecule has 0 radical (unpaired) electrons. The maximum Gasteiger partial charge on any atom is 0.410 e. The number of likely N-dealkylation sites (tertiary alicyclic amines) is 2. The van der Waals surface area contributed by atoms with Gasteiger partial charge in [-0.15, -0.1) is 0 Å². The lowest BCUT2D eigenvalue weighted by Gasteiger charge is -2.25. The lowest BCUT2D eigenvalue weighted by molar-refractivity contribution is -0.144. The SMILES string of the molecule is CC(C)(C)OC(=O)N1CC[C@H]([C@H](Cc2cccc(-n3c(=O)n(-c4cccc(C[C@H](C(=O)O)[C@H]5CCN(C(=O)OC(C)(C)C)C5)c4)c4ccccc43)c2)C(=O)O)C1. The number of nitrogens with zero attached hydrogens (tertiary/aromatic N) is 4. The van der Waals surface area contributed by atoms with Crippen LogP contribution in [0.2, 0.25) is 0 Å². The fourth-order valence-corrected chi connectivity index (χ4v) is 7.93. The number of carbonyl (C=O) groups is 4. The molecule has 2 amide bonds. The maximum atomic E-state index is 14.4. The third-order valence-corrected chi connectivity index (χ3v) is 10.5. The van der Waals surface area contributed by atoms with Crippen molar-refractivity contribution in [2.24, 2.45) is 23.7 Å². The number of ether oxygens (including phenoxy) is 2. The van der Waals surface area contributed by atoms with Crippen molar-refractivity contribution in [2.75, 3.05) is 26.2 Å². The van der Waals surface area contributed by atoms with Gasteiger partial charge < -0.3 is 29.5 Å². The zero-order valence-electron chi connectivity index (χ0n) is 32.9. The Morgan fingerprint density at radius 2 is 1.04 bits per heavy atom. The average Bonchev–Trinajstić information content (AvgIpc) is 3.86. The van der Waals surface area contributed by atoms with E-state index in [9.17, 15) is 34.2 Å². The summed E-state index contributed by atoms with van der Waals surface area (Å²) in [6, 6.07) is 22.0. The number of rotatable bonds is 10. The third kappa shape index (κ3) is 9.09. The second-order valence-corrected chi connectivity index (χ2v) is 17.0. The zero-order chi connectivity index (χ0) is 40.5. The van der Waals surface area contributed by atoms with Gasteiger partial charge in [-0.1, -0.05) is 36.4 Å². The van der Waals surface area contributed by atoms with Crippen molar-refractivity contribution in [3.05, 3.63) is 94.4 Å². The van der Waals surface area contributed by atoms with Crippen LogP contribution in [-0.4, -0.2) is 90.7 Å². The van der Waals surface area contributed by atoms with Crippen LogP contribution in [-0.2, 0) is 31.9 Å². The number of aromatic nitrogens is 2. The van der Waals surface area contributed by atoms with E-state index < -0.39 is 47.2 Å². The van der Waals surface area contributed by atoms with Crippen molar-refractivity contribution in [3.63, 3.8) is 0 Å². The normalized spacial score (nSPS) is 18.5. The standard InChI is InChI=1S/C43H52N4O9/c1-42(2,3)55-40(53)44-19-17-29(25-44)33(37(48)49)23-27-11-9-13-31(21-27)46-35-15-7-8-16-36(35)47(39(46)52)32-14-10-12-28(22-32)24-34(38(50)51)30-18-20-45(26-30)41(54)56-43(4,5)6/h7-16,21-22,29-30,33-34H,17-20,23-26H2,1-6H3,(H,48,49)(H,50,51)/t29-,30-,33-,34-/m0/s1. The maximum absolute atomic E-state index is 14.4. The van der Waals surface area contributed by atoms with E-state index in [0.29, 0.717) is 48.3 Å². The molecule has 2 aliphatic rings. The molecular formula is C43H52N4O9. The molecular weight excluding hydrogens is 716 g/mol. The number of aliphatic carboxylic acids is 2. The second-order valence-electron chi connectivity index (χ2n) is 17.0. The molecule has 3 heterocycles. The molecule has 1 aromatic heterocycles. The molecule has 13 heteroatoms. The summed E-state index contributed by atoms with van der Waals surface area (Å²) < 4.78 is 14.2. The van der Waals surface area contributed by atoms with Gasteiger partial charge in [0.05, 0.1) is 34.2 Å². The van der Waals surface area contributed by atoms with E-state index in [4.69, 9.17) is 9.47 Å². The van der Waals surface area contributed by atoms with Crippen LogP contribution < -0.4 is 5.69 Å². The van der Waals surface area contributed by atoms with Gasteiger partial charge in [0, 0.05) is 26.2 Å². The molecule has 4 atom stereocenters. The Bertz CT molecular complexity index is 2030. The van der Waals surface area contributed by atoms with Crippen molar-refractivity contribution in [2.45, 2.75) is 78.4 Å². The van der Waals surface area contributed by atoms with Gasteiger partial charge in [-0.3, -0.25) is 18.7 Å². The number of fused-ring (bicyclic) bond motifs is 1. The molecule has 0 unspecified atom stereocenters. The zero-order valence-corrected chi connectivity index (χ0v) is 32.9. The van der Waals surface area contributed by atoms with Gasteiger partial charge in [0.25, 0.3) is 0 Å². The van der Waals surface area contributed by atoms with E-state index >= 15 is 0 Å².